The van der Waals surface area contributed by atoms with E-state index < -0.39 is 12.0 Å². The summed E-state index contributed by atoms with van der Waals surface area (Å²) >= 11 is 3.08. The zero-order valence-electron chi connectivity index (χ0n) is 10.4. The third kappa shape index (κ3) is 4.07. The van der Waals surface area contributed by atoms with E-state index in [1.165, 1.54) is 6.07 Å². The van der Waals surface area contributed by atoms with Crippen molar-refractivity contribution in [3.8, 4) is 0 Å². The molecule has 0 heterocycles. The number of carbonyl (C=O) groups is 1. The largest absolute Gasteiger partial charge is 0.480 e. The molecule has 0 fully saturated rings. The number of benzene rings is 1. The van der Waals surface area contributed by atoms with Crippen LogP contribution in [0.5, 0.6) is 0 Å². The molecular weight excluding hydrogens is 301 g/mol. The summed E-state index contributed by atoms with van der Waals surface area (Å²) in [6, 6.07) is 4.16. The summed E-state index contributed by atoms with van der Waals surface area (Å²) in [5, 5.41) is 12.1. The van der Waals surface area contributed by atoms with Crippen molar-refractivity contribution in [1.29, 1.82) is 0 Å². The van der Waals surface area contributed by atoms with Crippen molar-refractivity contribution in [2.24, 2.45) is 5.92 Å². The van der Waals surface area contributed by atoms with Gasteiger partial charge in [0.05, 0.1) is 4.47 Å². The van der Waals surface area contributed by atoms with Crippen LogP contribution in [-0.4, -0.2) is 17.1 Å². The Bertz CT molecular complexity index is 425. The molecule has 0 aliphatic carbocycles. The Hall–Kier alpha value is -0.940. The van der Waals surface area contributed by atoms with Crippen LogP contribution < -0.4 is 5.32 Å². The van der Waals surface area contributed by atoms with Crippen LogP contribution in [0.25, 0.3) is 0 Å². The molecule has 0 bridgehead atoms. The van der Waals surface area contributed by atoms with E-state index in [2.05, 4.69) is 21.2 Å². The number of rotatable bonds is 6. The second kappa shape index (κ2) is 6.85. The lowest BCUT2D eigenvalue weighted by Crippen LogP contribution is -2.41. The summed E-state index contributed by atoms with van der Waals surface area (Å²) in [6.07, 6.45) is 0.776. The second-order valence-corrected chi connectivity index (χ2v) is 5.19. The second-order valence-electron chi connectivity index (χ2n) is 4.33. The number of nitrogens with one attached hydrogen (secondary N) is 1. The zero-order valence-corrected chi connectivity index (χ0v) is 12.0. The summed E-state index contributed by atoms with van der Waals surface area (Å²) in [5.74, 6) is -1.19. The Labute approximate surface area is 115 Å². The van der Waals surface area contributed by atoms with Gasteiger partial charge >= 0.3 is 5.97 Å². The zero-order chi connectivity index (χ0) is 13.7. The molecule has 0 saturated carbocycles. The van der Waals surface area contributed by atoms with Gasteiger partial charge in [0.2, 0.25) is 0 Å². The molecule has 0 aliphatic heterocycles. The number of hydrogen-bond acceptors (Lipinski definition) is 2. The van der Waals surface area contributed by atoms with Crippen molar-refractivity contribution >= 4 is 21.9 Å². The van der Waals surface area contributed by atoms with Gasteiger partial charge in [0, 0.05) is 6.54 Å². The number of carboxylic acids is 1. The van der Waals surface area contributed by atoms with Crippen LogP contribution in [0.15, 0.2) is 22.7 Å². The van der Waals surface area contributed by atoms with E-state index >= 15 is 0 Å². The van der Waals surface area contributed by atoms with Crippen LogP contribution in [0.2, 0.25) is 0 Å². The number of halogens is 2. The standard InChI is InChI=1S/C13H17BrFNO2/c1-3-8(2)12(13(17)18)16-7-9-4-5-10(14)11(15)6-9/h4-6,8,12,16H,3,7H2,1-2H3,(H,17,18)/t8-,12-/m0/s1. The Morgan fingerprint density at radius 2 is 2.22 bits per heavy atom. The molecule has 2 N–H and O–H groups in total. The van der Waals surface area contributed by atoms with E-state index in [-0.39, 0.29) is 11.7 Å². The van der Waals surface area contributed by atoms with Crippen LogP contribution in [-0.2, 0) is 11.3 Å². The SMILES string of the molecule is CC[C@H](C)[C@H](NCc1ccc(Br)c(F)c1)C(=O)O. The smallest absolute Gasteiger partial charge is 0.320 e. The summed E-state index contributed by atoms with van der Waals surface area (Å²) in [6.45, 7) is 4.17. The molecule has 18 heavy (non-hydrogen) atoms. The Morgan fingerprint density at radius 3 is 2.72 bits per heavy atom. The molecule has 2 atom stereocenters. The first-order valence-electron chi connectivity index (χ1n) is 5.85. The van der Waals surface area contributed by atoms with Crippen molar-refractivity contribution in [2.75, 3.05) is 0 Å². The molecule has 100 valence electrons. The van der Waals surface area contributed by atoms with E-state index in [1.807, 2.05) is 13.8 Å². The maximum absolute atomic E-state index is 13.3. The minimum Gasteiger partial charge on any atom is -0.480 e. The van der Waals surface area contributed by atoms with Gasteiger partial charge in [0.1, 0.15) is 11.9 Å². The fourth-order valence-corrected chi connectivity index (χ4v) is 1.89. The first kappa shape index (κ1) is 15.1. The molecule has 0 amide bonds. The molecule has 5 heteroatoms. The predicted molar refractivity (Wildman–Crippen MR) is 71.8 cm³/mol. The van der Waals surface area contributed by atoms with Crippen molar-refractivity contribution in [2.45, 2.75) is 32.9 Å². The van der Waals surface area contributed by atoms with Gasteiger partial charge in [-0.2, -0.15) is 0 Å². The van der Waals surface area contributed by atoms with E-state index in [4.69, 9.17) is 5.11 Å². The minimum absolute atomic E-state index is 0.0304. The van der Waals surface area contributed by atoms with Gasteiger partial charge in [-0.3, -0.25) is 4.79 Å². The van der Waals surface area contributed by atoms with Crippen molar-refractivity contribution < 1.29 is 14.3 Å². The fraction of sp³-hybridized carbons (Fsp3) is 0.462. The fourth-order valence-electron chi connectivity index (χ4n) is 1.64. The summed E-state index contributed by atoms with van der Waals surface area (Å²) in [7, 11) is 0. The summed E-state index contributed by atoms with van der Waals surface area (Å²) < 4.78 is 13.7. The maximum atomic E-state index is 13.3. The molecule has 1 rings (SSSR count). The lowest BCUT2D eigenvalue weighted by molar-refractivity contribution is -0.140. The minimum atomic E-state index is -0.873. The normalized spacial score (nSPS) is 14.2. The Balaban J connectivity index is 2.67. The molecule has 3 nitrogen and oxygen atoms in total. The highest BCUT2D eigenvalue weighted by molar-refractivity contribution is 9.10. The summed E-state index contributed by atoms with van der Waals surface area (Å²) in [4.78, 5) is 11.1. The van der Waals surface area contributed by atoms with Crippen LogP contribution >= 0.6 is 15.9 Å². The van der Waals surface area contributed by atoms with Crippen molar-refractivity contribution in [1.82, 2.24) is 5.32 Å². The number of aliphatic carboxylic acids is 1. The highest BCUT2D eigenvalue weighted by Crippen LogP contribution is 2.17. The molecule has 0 radical (unpaired) electrons. The van der Waals surface area contributed by atoms with Gasteiger partial charge in [0.15, 0.2) is 0 Å². The lowest BCUT2D eigenvalue weighted by Gasteiger charge is -2.20. The molecule has 0 aliphatic rings. The van der Waals surface area contributed by atoms with Crippen LogP contribution in [0.1, 0.15) is 25.8 Å². The van der Waals surface area contributed by atoms with Gasteiger partial charge < -0.3 is 10.4 Å². The average Bonchev–Trinajstić information content (AvgIpc) is 2.33. The van der Waals surface area contributed by atoms with Gasteiger partial charge in [-0.25, -0.2) is 4.39 Å². The maximum Gasteiger partial charge on any atom is 0.320 e. The lowest BCUT2D eigenvalue weighted by atomic mass is 9.99. The van der Waals surface area contributed by atoms with Gasteiger partial charge in [-0.05, 0) is 39.5 Å². The molecular formula is C13H17BrFNO2. The van der Waals surface area contributed by atoms with Crippen LogP contribution in [0, 0.1) is 11.7 Å². The Morgan fingerprint density at radius 1 is 1.56 bits per heavy atom. The van der Waals surface area contributed by atoms with E-state index in [1.54, 1.807) is 12.1 Å². The highest BCUT2D eigenvalue weighted by atomic mass is 79.9. The number of hydrogen-bond donors (Lipinski definition) is 2. The highest BCUT2D eigenvalue weighted by Gasteiger charge is 2.22. The van der Waals surface area contributed by atoms with E-state index in [9.17, 15) is 9.18 Å². The first-order valence-corrected chi connectivity index (χ1v) is 6.65. The van der Waals surface area contributed by atoms with Gasteiger partial charge in [-0.15, -0.1) is 0 Å². The van der Waals surface area contributed by atoms with Gasteiger partial charge in [0.25, 0.3) is 0 Å². The topological polar surface area (TPSA) is 49.3 Å². The van der Waals surface area contributed by atoms with Crippen molar-refractivity contribution in [3.63, 3.8) is 0 Å². The van der Waals surface area contributed by atoms with E-state index in [0.717, 1.165) is 12.0 Å². The quantitative estimate of drug-likeness (QED) is 0.847. The Kier molecular flexibility index (Phi) is 5.75. The third-order valence-electron chi connectivity index (χ3n) is 2.99. The molecule has 0 unspecified atom stereocenters. The molecule has 1 aromatic rings. The average molecular weight is 318 g/mol. The molecule has 0 saturated heterocycles. The third-order valence-corrected chi connectivity index (χ3v) is 3.63. The van der Waals surface area contributed by atoms with Crippen LogP contribution in [0.3, 0.4) is 0 Å². The van der Waals surface area contributed by atoms with E-state index in [0.29, 0.717) is 11.0 Å². The van der Waals surface area contributed by atoms with Crippen molar-refractivity contribution in [3.05, 3.63) is 34.1 Å². The van der Waals surface area contributed by atoms with Crippen LogP contribution in [0.4, 0.5) is 4.39 Å². The summed E-state index contributed by atoms with van der Waals surface area (Å²) in [5.41, 5.74) is 0.727. The predicted octanol–water partition coefficient (Wildman–Crippen LogP) is 3.18. The molecule has 1 aromatic carbocycles. The molecule has 0 spiro atoms. The molecule has 0 aromatic heterocycles. The van der Waals surface area contributed by atoms with Gasteiger partial charge in [-0.1, -0.05) is 26.3 Å². The first-order chi connectivity index (χ1) is 8.45. The number of carboxylic acid groups (broad SMARTS) is 1. The monoisotopic (exact) mass is 317 g/mol.